The standard InChI is InChI=1S/C23H25N7O2/c1-24-20-10-19(28-22-17(11-26-30(20)22)23(31)27-14-4-2-5-14)18-12-29(15-7-9-32-13-15)21-16(18)6-3-8-25-21/h3,6,8,10-12,14-15,24H,2,4-5,7,9,13H2,1H3,(H,27,31). The van der Waals surface area contributed by atoms with Crippen LogP contribution in [0.5, 0.6) is 0 Å². The van der Waals surface area contributed by atoms with E-state index in [0.29, 0.717) is 17.8 Å². The Kier molecular flexibility index (Phi) is 4.57. The first-order valence-electron chi connectivity index (χ1n) is 11.1. The van der Waals surface area contributed by atoms with Crippen LogP contribution in [0.4, 0.5) is 5.82 Å². The van der Waals surface area contributed by atoms with Crippen LogP contribution >= 0.6 is 0 Å². The second-order valence-corrected chi connectivity index (χ2v) is 8.51. The number of fused-ring (bicyclic) bond motifs is 2. The first-order valence-corrected chi connectivity index (χ1v) is 11.1. The van der Waals surface area contributed by atoms with Crippen molar-refractivity contribution in [3.8, 4) is 11.3 Å². The summed E-state index contributed by atoms with van der Waals surface area (Å²) < 4.78 is 9.50. The van der Waals surface area contributed by atoms with Crippen LogP contribution in [-0.4, -0.2) is 56.4 Å². The Labute approximate surface area is 184 Å². The summed E-state index contributed by atoms with van der Waals surface area (Å²) in [6.07, 6.45) is 9.71. The van der Waals surface area contributed by atoms with Gasteiger partial charge < -0.3 is 19.9 Å². The second kappa shape index (κ2) is 7.59. The van der Waals surface area contributed by atoms with E-state index < -0.39 is 0 Å². The monoisotopic (exact) mass is 431 g/mol. The number of rotatable bonds is 5. The van der Waals surface area contributed by atoms with E-state index in [4.69, 9.17) is 9.72 Å². The van der Waals surface area contributed by atoms with Crippen LogP contribution in [0.25, 0.3) is 27.9 Å². The molecule has 0 aromatic carbocycles. The Balaban J connectivity index is 1.50. The molecular formula is C23H25N7O2. The highest BCUT2D eigenvalue weighted by Gasteiger charge is 2.25. The maximum Gasteiger partial charge on any atom is 0.256 e. The molecule has 4 aromatic rings. The summed E-state index contributed by atoms with van der Waals surface area (Å²) >= 11 is 0. The van der Waals surface area contributed by atoms with Gasteiger partial charge in [-0.3, -0.25) is 4.79 Å². The van der Waals surface area contributed by atoms with Crippen molar-refractivity contribution in [1.29, 1.82) is 0 Å². The predicted octanol–water partition coefficient (Wildman–Crippen LogP) is 3.03. The van der Waals surface area contributed by atoms with E-state index >= 15 is 0 Å². The molecule has 1 saturated carbocycles. The summed E-state index contributed by atoms with van der Waals surface area (Å²) in [6, 6.07) is 6.48. The SMILES string of the molecule is CNc1cc(-c2cn(C3CCOC3)c3ncccc23)nc2c(C(=O)NC3CCC3)cnn12. The third-order valence-corrected chi connectivity index (χ3v) is 6.58. The summed E-state index contributed by atoms with van der Waals surface area (Å²) in [4.78, 5) is 22.5. The molecule has 2 fully saturated rings. The zero-order chi connectivity index (χ0) is 21.7. The largest absolute Gasteiger partial charge is 0.379 e. The lowest BCUT2D eigenvalue weighted by Gasteiger charge is -2.26. The van der Waals surface area contributed by atoms with Gasteiger partial charge in [0.2, 0.25) is 0 Å². The van der Waals surface area contributed by atoms with E-state index in [0.717, 1.165) is 60.4 Å². The van der Waals surface area contributed by atoms with Crippen LogP contribution in [0.2, 0.25) is 0 Å². The van der Waals surface area contributed by atoms with E-state index in [-0.39, 0.29) is 18.0 Å². The van der Waals surface area contributed by atoms with Gasteiger partial charge in [0.15, 0.2) is 5.65 Å². The third-order valence-electron chi connectivity index (χ3n) is 6.58. The third kappa shape index (κ3) is 3.03. The lowest BCUT2D eigenvalue weighted by molar-refractivity contribution is 0.0918. The van der Waals surface area contributed by atoms with Crippen molar-refractivity contribution in [2.24, 2.45) is 0 Å². The molecule has 32 heavy (non-hydrogen) atoms. The molecule has 0 bridgehead atoms. The smallest absolute Gasteiger partial charge is 0.256 e. The fraction of sp³-hybridized carbons (Fsp3) is 0.391. The molecule has 1 amide bonds. The number of nitrogens with one attached hydrogen (secondary N) is 2. The maximum absolute atomic E-state index is 12.9. The van der Waals surface area contributed by atoms with Crippen LogP contribution < -0.4 is 10.6 Å². The second-order valence-electron chi connectivity index (χ2n) is 8.51. The van der Waals surface area contributed by atoms with Crippen molar-refractivity contribution in [2.45, 2.75) is 37.8 Å². The molecule has 2 aliphatic rings. The lowest BCUT2D eigenvalue weighted by atomic mass is 9.93. The fourth-order valence-corrected chi connectivity index (χ4v) is 4.56. The summed E-state index contributed by atoms with van der Waals surface area (Å²) in [5, 5.41) is 11.7. The Morgan fingerprint density at radius 2 is 2.16 bits per heavy atom. The Morgan fingerprint density at radius 3 is 2.91 bits per heavy atom. The van der Waals surface area contributed by atoms with Crippen molar-refractivity contribution in [2.75, 3.05) is 25.6 Å². The van der Waals surface area contributed by atoms with Crippen LogP contribution in [0, 0.1) is 0 Å². The van der Waals surface area contributed by atoms with E-state index in [9.17, 15) is 4.79 Å². The molecule has 164 valence electrons. The highest BCUT2D eigenvalue weighted by Crippen LogP contribution is 2.34. The number of carbonyl (C=O) groups is 1. The number of anilines is 1. The molecule has 0 spiro atoms. The van der Waals surface area contributed by atoms with Crippen LogP contribution in [0.3, 0.4) is 0 Å². The van der Waals surface area contributed by atoms with Crippen molar-refractivity contribution in [3.05, 3.63) is 42.4 Å². The van der Waals surface area contributed by atoms with Crippen molar-refractivity contribution in [1.82, 2.24) is 29.5 Å². The van der Waals surface area contributed by atoms with E-state index in [2.05, 4.69) is 37.5 Å². The molecule has 6 rings (SSSR count). The molecule has 2 N–H and O–H groups in total. The fourth-order valence-electron chi connectivity index (χ4n) is 4.56. The van der Waals surface area contributed by atoms with Crippen LogP contribution in [-0.2, 0) is 4.74 Å². The zero-order valence-electron chi connectivity index (χ0n) is 17.9. The predicted molar refractivity (Wildman–Crippen MR) is 121 cm³/mol. The average Bonchev–Trinajstić information content (AvgIpc) is 3.53. The molecule has 1 aliphatic heterocycles. The van der Waals surface area contributed by atoms with Gasteiger partial charge in [0.1, 0.15) is 17.0 Å². The summed E-state index contributed by atoms with van der Waals surface area (Å²) in [5.41, 5.74) is 3.70. The Morgan fingerprint density at radius 1 is 1.25 bits per heavy atom. The molecule has 1 saturated heterocycles. The van der Waals surface area contributed by atoms with Gasteiger partial charge in [0.05, 0.1) is 24.5 Å². The minimum atomic E-state index is -0.122. The molecule has 0 radical (unpaired) electrons. The first-order chi connectivity index (χ1) is 15.7. The molecule has 9 nitrogen and oxygen atoms in total. The number of nitrogens with zero attached hydrogens (tertiary/aromatic N) is 5. The molecule has 5 heterocycles. The number of hydrogen-bond acceptors (Lipinski definition) is 6. The van der Waals surface area contributed by atoms with E-state index in [1.165, 1.54) is 0 Å². The first kappa shape index (κ1) is 19.2. The Bertz CT molecular complexity index is 1310. The number of amides is 1. The van der Waals surface area contributed by atoms with Gasteiger partial charge in [0.25, 0.3) is 5.91 Å². The van der Waals surface area contributed by atoms with Crippen molar-refractivity contribution < 1.29 is 9.53 Å². The minimum absolute atomic E-state index is 0.122. The number of carbonyl (C=O) groups excluding carboxylic acids is 1. The number of aromatic nitrogens is 5. The average molecular weight is 432 g/mol. The number of hydrogen-bond donors (Lipinski definition) is 2. The van der Waals surface area contributed by atoms with Gasteiger partial charge in [-0.25, -0.2) is 9.97 Å². The molecular weight excluding hydrogens is 406 g/mol. The highest BCUT2D eigenvalue weighted by molar-refractivity contribution is 6.01. The van der Waals surface area contributed by atoms with Gasteiger partial charge in [-0.15, -0.1) is 0 Å². The van der Waals surface area contributed by atoms with E-state index in [1.54, 1.807) is 10.7 Å². The number of pyridine rings is 1. The zero-order valence-corrected chi connectivity index (χ0v) is 17.9. The van der Waals surface area contributed by atoms with E-state index in [1.807, 2.05) is 25.4 Å². The summed E-state index contributed by atoms with van der Waals surface area (Å²) in [5.74, 6) is 0.644. The van der Waals surface area contributed by atoms with Gasteiger partial charge >= 0.3 is 0 Å². The van der Waals surface area contributed by atoms with Gasteiger partial charge in [0, 0.05) is 49.1 Å². The van der Waals surface area contributed by atoms with Gasteiger partial charge in [-0.05, 0) is 37.8 Å². The van der Waals surface area contributed by atoms with Crippen molar-refractivity contribution in [3.63, 3.8) is 0 Å². The van der Waals surface area contributed by atoms with Gasteiger partial charge in [-0.2, -0.15) is 9.61 Å². The molecule has 4 aromatic heterocycles. The van der Waals surface area contributed by atoms with Gasteiger partial charge in [-0.1, -0.05) is 0 Å². The Hall–Kier alpha value is -3.46. The molecule has 1 unspecified atom stereocenters. The highest BCUT2D eigenvalue weighted by atomic mass is 16.5. The van der Waals surface area contributed by atoms with Crippen LogP contribution in [0.15, 0.2) is 36.8 Å². The summed E-state index contributed by atoms with van der Waals surface area (Å²) in [7, 11) is 1.84. The topological polar surface area (TPSA) is 98.4 Å². The number of ether oxygens (including phenoxy) is 1. The molecule has 9 heteroatoms. The summed E-state index contributed by atoms with van der Waals surface area (Å²) in [6.45, 7) is 1.44. The molecule has 1 aliphatic carbocycles. The minimum Gasteiger partial charge on any atom is -0.379 e. The maximum atomic E-state index is 12.9. The normalized spacial score (nSPS) is 18.8. The quantitative estimate of drug-likeness (QED) is 0.504. The van der Waals surface area contributed by atoms with Crippen molar-refractivity contribution >= 4 is 28.4 Å². The lowest BCUT2D eigenvalue weighted by Crippen LogP contribution is -2.39. The van der Waals surface area contributed by atoms with Crippen LogP contribution in [0.1, 0.15) is 42.1 Å². The molecule has 1 atom stereocenters.